The van der Waals surface area contributed by atoms with Crippen molar-refractivity contribution in [1.82, 2.24) is 15.1 Å². The van der Waals surface area contributed by atoms with Gasteiger partial charge in [0.1, 0.15) is 0 Å². The highest BCUT2D eigenvalue weighted by Gasteiger charge is 2.21. The van der Waals surface area contributed by atoms with Crippen LogP contribution >= 0.6 is 0 Å². The molecule has 1 aromatic rings. The van der Waals surface area contributed by atoms with Crippen LogP contribution in [0.15, 0.2) is 18.5 Å². The maximum Gasteiger partial charge on any atom is 0.244 e. The van der Waals surface area contributed by atoms with Crippen LogP contribution in [-0.4, -0.2) is 21.7 Å². The zero-order chi connectivity index (χ0) is 13.0. The molecule has 0 saturated heterocycles. The average Bonchev–Trinajstić information content (AvgIpc) is 2.76. The van der Waals surface area contributed by atoms with E-state index in [9.17, 15) is 4.79 Å². The zero-order valence-corrected chi connectivity index (χ0v) is 11.1. The summed E-state index contributed by atoms with van der Waals surface area (Å²) in [6, 6.07) is 0.338. The van der Waals surface area contributed by atoms with Gasteiger partial charge in [-0.25, -0.2) is 0 Å². The summed E-state index contributed by atoms with van der Waals surface area (Å²) in [7, 11) is 1.86. The molecule has 0 spiro atoms. The molecular formula is C14H21N3O. The summed E-state index contributed by atoms with van der Waals surface area (Å²) in [6.45, 7) is 2.22. The van der Waals surface area contributed by atoms with E-state index < -0.39 is 0 Å². The van der Waals surface area contributed by atoms with E-state index in [4.69, 9.17) is 0 Å². The second kappa shape index (κ2) is 5.85. The van der Waals surface area contributed by atoms with Crippen molar-refractivity contribution in [3.63, 3.8) is 0 Å². The van der Waals surface area contributed by atoms with Crippen LogP contribution < -0.4 is 5.32 Å². The van der Waals surface area contributed by atoms with Gasteiger partial charge in [0.2, 0.25) is 5.91 Å². The van der Waals surface area contributed by atoms with Crippen LogP contribution in [0.4, 0.5) is 0 Å². The molecule has 1 aliphatic rings. The number of aryl methyl sites for hydroxylation is 1. The molecule has 1 aliphatic carbocycles. The molecule has 1 heterocycles. The summed E-state index contributed by atoms with van der Waals surface area (Å²) in [5.74, 6) is 0.590. The third-order valence-corrected chi connectivity index (χ3v) is 3.59. The molecule has 1 aromatic heterocycles. The number of amides is 1. The van der Waals surface area contributed by atoms with Gasteiger partial charge in [-0.1, -0.05) is 19.8 Å². The van der Waals surface area contributed by atoms with E-state index in [0.29, 0.717) is 12.0 Å². The molecule has 18 heavy (non-hydrogen) atoms. The lowest BCUT2D eigenvalue weighted by Gasteiger charge is -2.29. The Kier molecular flexibility index (Phi) is 4.18. The van der Waals surface area contributed by atoms with Crippen molar-refractivity contribution in [1.29, 1.82) is 0 Å². The van der Waals surface area contributed by atoms with Crippen LogP contribution in [0.1, 0.15) is 38.2 Å². The molecule has 4 heteroatoms. The number of rotatable bonds is 3. The number of carbonyl (C=O) groups is 1. The van der Waals surface area contributed by atoms with E-state index in [1.807, 2.05) is 13.2 Å². The Labute approximate surface area is 108 Å². The largest absolute Gasteiger partial charge is 0.350 e. The molecular weight excluding hydrogens is 226 g/mol. The first-order chi connectivity index (χ1) is 8.65. The minimum atomic E-state index is -0.00222. The number of hydrogen-bond donors (Lipinski definition) is 1. The Hall–Kier alpha value is -1.58. The SMILES string of the molecule is C[C@@H]1CCCC[C@@H]1NC(=O)/C=C/c1cnn(C)c1. The van der Waals surface area contributed by atoms with Gasteiger partial charge in [-0.2, -0.15) is 5.10 Å². The quantitative estimate of drug-likeness (QED) is 0.832. The Morgan fingerprint density at radius 2 is 2.28 bits per heavy atom. The molecule has 1 amide bonds. The summed E-state index contributed by atoms with van der Waals surface area (Å²) >= 11 is 0. The van der Waals surface area contributed by atoms with Crippen LogP contribution in [0.3, 0.4) is 0 Å². The fraction of sp³-hybridized carbons (Fsp3) is 0.571. The predicted molar refractivity (Wildman–Crippen MR) is 71.8 cm³/mol. The maximum absolute atomic E-state index is 11.8. The molecule has 0 aliphatic heterocycles. The number of aromatic nitrogens is 2. The van der Waals surface area contributed by atoms with E-state index >= 15 is 0 Å². The summed E-state index contributed by atoms with van der Waals surface area (Å²) in [5, 5.41) is 7.15. The van der Waals surface area contributed by atoms with Crippen molar-refractivity contribution >= 4 is 12.0 Å². The average molecular weight is 247 g/mol. The summed E-state index contributed by atoms with van der Waals surface area (Å²) in [5.41, 5.74) is 0.948. The minimum absolute atomic E-state index is 0.00222. The van der Waals surface area contributed by atoms with Crippen molar-refractivity contribution in [3.05, 3.63) is 24.0 Å². The molecule has 0 unspecified atom stereocenters. The van der Waals surface area contributed by atoms with Crippen LogP contribution in [-0.2, 0) is 11.8 Å². The molecule has 2 atom stereocenters. The van der Waals surface area contributed by atoms with Crippen LogP contribution in [0.5, 0.6) is 0 Å². The third-order valence-electron chi connectivity index (χ3n) is 3.59. The first kappa shape index (κ1) is 12.9. The lowest BCUT2D eigenvalue weighted by molar-refractivity contribution is -0.117. The molecule has 2 rings (SSSR count). The Balaban J connectivity index is 1.86. The second-order valence-electron chi connectivity index (χ2n) is 5.16. The van der Waals surface area contributed by atoms with E-state index in [-0.39, 0.29) is 5.91 Å². The molecule has 0 radical (unpaired) electrons. The minimum Gasteiger partial charge on any atom is -0.350 e. The maximum atomic E-state index is 11.8. The molecule has 1 saturated carbocycles. The number of nitrogens with one attached hydrogen (secondary N) is 1. The van der Waals surface area contributed by atoms with Gasteiger partial charge < -0.3 is 5.32 Å². The first-order valence-corrected chi connectivity index (χ1v) is 6.62. The summed E-state index contributed by atoms with van der Waals surface area (Å²) in [6.07, 6.45) is 11.9. The molecule has 4 nitrogen and oxygen atoms in total. The standard InChI is InChI=1S/C14H21N3O/c1-11-5-3-4-6-13(11)16-14(18)8-7-12-9-15-17(2)10-12/h7-11,13H,3-6H2,1-2H3,(H,16,18)/b8-7+/t11-,13+/m1/s1. The molecule has 1 fully saturated rings. The van der Waals surface area contributed by atoms with E-state index in [1.54, 1.807) is 23.0 Å². The number of nitrogens with zero attached hydrogens (tertiary/aromatic N) is 2. The Bertz CT molecular complexity index is 436. The van der Waals surface area contributed by atoms with E-state index in [1.165, 1.54) is 19.3 Å². The van der Waals surface area contributed by atoms with Gasteiger partial charge in [0.05, 0.1) is 6.20 Å². The van der Waals surface area contributed by atoms with Crippen molar-refractivity contribution in [2.75, 3.05) is 0 Å². The predicted octanol–water partition coefficient (Wildman–Crippen LogP) is 2.13. The van der Waals surface area contributed by atoms with Gasteiger partial charge in [0.15, 0.2) is 0 Å². The molecule has 98 valence electrons. The van der Waals surface area contributed by atoms with Crippen LogP contribution in [0.2, 0.25) is 0 Å². The van der Waals surface area contributed by atoms with Gasteiger partial charge in [0.25, 0.3) is 0 Å². The number of hydrogen-bond acceptors (Lipinski definition) is 2. The smallest absolute Gasteiger partial charge is 0.244 e. The fourth-order valence-corrected chi connectivity index (χ4v) is 2.46. The molecule has 0 aromatic carbocycles. The monoisotopic (exact) mass is 247 g/mol. The highest BCUT2D eigenvalue weighted by Crippen LogP contribution is 2.23. The van der Waals surface area contributed by atoms with Gasteiger partial charge in [0, 0.05) is 30.9 Å². The fourth-order valence-electron chi connectivity index (χ4n) is 2.46. The van der Waals surface area contributed by atoms with Crippen molar-refractivity contribution in [3.8, 4) is 0 Å². The highest BCUT2D eigenvalue weighted by atomic mass is 16.1. The number of carbonyl (C=O) groups excluding carboxylic acids is 1. The van der Waals surface area contributed by atoms with Crippen molar-refractivity contribution in [2.24, 2.45) is 13.0 Å². The molecule has 1 N–H and O–H groups in total. The Morgan fingerprint density at radius 1 is 1.50 bits per heavy atom. The van der Waals surface area contributed by atoms with E-state index in [0.717, 1.165) is 12.0 Å². The van der Waals surface area contributed by atoms with Crippen LogP contribution in [0.25, 0.3) is 6.08 Å². The first-order valence-electron chi connectivity index (χ1n) is 6.62. The van der Waals surface area contributed by atoms with Crippen LogP contribution in [0, 0.1) is 5.92 Å². The topological polar surface area (TPSA) is 46.9 Å². The van der Waals surface area contributed by atoms with Gasteiger partial charge in [-0.3, -0.25) is 9.48 Å². The van der Waals surface area contributed by atoms with Gasteiger partial charge in [-0.05, 0) is 24.8 Å². The van der Waals surface area contributed by atoms with Gasteiger partial charge >= 0.3 is 0 Å². The third kappa shape index (κ3) is 3.45. The van der Waals surface area contributed by atoms with E-state index in [2.05, 4.69) is 17.3 Å². The van der Waals surface area contributed by atoms with Crippen molar-refractivity contribution < 1.29 is 4.79 Å². The van der Waals surface area contributed by atoms with Gasteiger partial charge in [-0.15, -0.1) is 0 Å². The summed E-state index contributed by atoms with van der Waals surface area (Å²) < 4.78 is 1.72. The lowest BCUT2D eigenvalue weighted by Crippen LogP contribution is -2.40. The molecule has 0 bridgehead atoms. The Morgan fingerprint density at radius 3 is 2.94 bits per heavy atom. The van der Waals surface area contributed by atoms with Crippen molar-refractivity contribution in [2.45, 2.75) is 38.6 Å². The summed E-state index contributed by atoms with van der Waals surface area (Å²) in [4.78, 5) is 11.8. The normalized spacial score (nSPS) is 24.3. The second-order valence-corrected chi connectivity index (χ2v) is 5.16. The highest BCUT2D eigenvalue weighted by molar-refractivity contribution is 5.91. The lowest BCUT2D eigenvalue weighted by atomic mass is 9.86. The zero-order valence-electron chi connectivity index (χ0n) is 11.1.